The lowest BCUT2D eigenvalue weighted by Gasteiger charge is -2.23. The second kappa shape index (κ2) is 9.51. The number of carbonyl (C=O) groups excluding carboxylic acids is 1. The third-order valence-electron chi connectivity index (χ3n) is 4.47. The first-order valence-corrected chi connectivity index (χ1v) is 12.0. The Kier molecular flexibility index (Phi) is 6.95. The highest BCUT2D eigenvalue weighted by Gasteiger charge is 2.23. The molecule has 0 aliphatic heterocycles. The Morgan fingerprint density at radius 2 is 1.91 bits per heavy atom. The highest BCUT2D eigenvalue weighted by atomic mass is 32.2. The first-order chi connectivity index (χ1) is 15.5. The van der Waals surface area contributed by atoms with Crippen molar-refractivity contribution in [3.05, 3.63) is 69.7 Å². The molecule has 12 heteroatoms. The number of ether oxygens (including phenoxy) is 1. The predicted octanol–water partition coefficient (Wildman–Crippen LogP) is 3.64. The van der Waals surface area contributed by atoms with Crippen molar-refractivity contribution in [2.24, 2.45) is 0 Å². The topological polar surface area (TPSA) is 112 Å². The molecule has 0 radical (unpaired) electrons. The van der Waals surface area contributed by atoms with Gasteiger partial charge in [-0.2, -0.15) is 5.26 Å². The fraction of sp³-hybridized carbons (Fsp3) is 0.190. The van der Waals surface area contributed by atoms with Gasteiger partial charge in [-0.15, -0.1) is 11.3 Å². The summed E-state index contributed by atoms with van der Waals surface area (Å²) in [7, 11) is -2.58. The van der Waals surface area contributed by atoms with E-state index in [-0.39, 0.29) is 28.7 Å². The van der Waals surface area contributed by atoms with E-state index in [0.717, 1.165) is 29.7 Å². The summed E-state index contributed by atoms with van der Waals surface area (Å²) >= 11 is 1.07. The Balaban J connectivity index is 2.07. The minimum absolute atomic E-state index is 0.00681. The van der Waals surface area contributed by atoms with Crippen LogP contribution >= 0.6 is 11.3 Å². The number of carbonyl (C=O) groups is 1. The molecule has 3 aromatic rings. The molecule has 0 fully saturated rings. The van der Waals surface area contributed by atoms with Crippen LogP contribution in [0, 0.1) is 29.9 Å². The van der Waals surface area contributed by atoms with Gasteiger partial charge in [-0.1, -0.05) is 0 Å². The van der Waals surface area contributed by atoms with Crippen LogP contribution in [0.4, 0.5) is 19.6 Å². The molecule has 172 valence electrons. The molecular formula is C21H18F2N4O4S2. The van der Waals surface area contributed by atoms with Crippen molar-refractivity contribution in [1.82, 2.24) is 9.71 Å². The van der Waals surface area contributed by atoms with E-state index < -0.39 is 27.6 Å². The lowest BCUT2D eigenvalue weighted by Crippen LogP contribution is -2.30. The maximum atomic E-state index is 14.7. The van der Waals surface area contributed by atoms with Gasteiger partial charge in [-0.05, 0) is 37.3 Å². The van der Waals surface area contributed by atoms with E-state index >= 15 is 0 Å². The monoisotopic (exact) mass is 492 g/mol. The van der Waals surface area contributed by atoms with E-state index in [0.29, 0.717) is 16.1 Å². The fourth-order valence-corrected chi connectivity index (χ4v) is 4.29. The summed E-state index contributed by atoms with van der Waals surface area (Å²) in [6.07, 6.45) is 0.845. The lowest BCUT2D eigenvalue weighted by molar-refractivity contribution is 0.0977. The number of nitrogens with one attached hydrogen (secondary N) is 1. The standard InChI is InChI=1S/C21H18F2N4O4S2/c1-12-19(20(28)26-33(3,29)30)25-21(32-12)27(15-6-4-13(10-24)5-7-15)11-14-8-17(23)18(31-2)9-16(14)22/h4-9H,11H2,1-3H3,(H,26,28). The van der Waals surface area contributed by atoms with Gasteiger partial charge in [0.25, 0.3) is 5.91 Å². The van der Waals surface area contributed by atoms with Crippen LogP contribution in [0.25, 0.3) is 0 Å². The second-order valence-electron chi connectivity index (χ2n) is 6.93. The van der Waals surface area contributed by atoms with Gasteiger partial charge in [-0.3, -0.25) is 4.79 Å². The van der Waals surface area contributed by atoms with Crippen molar-refractivity contribution in [1.29, 1.82) is 5.26 Å². The Labute approximate surface area is 193 Å². The quantitative estimate of drug-likeness (QED) is 0.536. The van der Waals surface area contributed by atoms with Crippen molar-refractivity contribution in [3.63, 3.8) is 0 Å². The number of halogens is 2. The van der Waals surface area contributed by atoms with E-state index in [1.807, 2.05) is 10.8 Å². The van der Waals surface area contributed by atoms with Crippen LogP contribution in [0.2, 0.25) is 0 Å². The van der Waals surface area contributed by atoms with Gasteiger partial charge in [0.15, 0.2) is 16.7 Å². The number of hydrogen-bond acceptors (Lipinski definition) is 8. The highest BCUT2D eigenvalue weighted by molar-refractivity contribution is 7.89. The zero-order chi connectivity index (χ0) is 24.3. The molecule has 3 rings (SSSR count). The van der Waals surface area contributed by atoms with Crippen molar-refractivity contribution < 1.29 is 26.7 Å². The molecule has 1 aromatic heterocycles. The molecule has 0 aliphatic carbocycles. The molecule has 0 bridgehead atoms. The normalized spacial score (nSPS) is 11.0. The summed E-state index contributed by atoms with van der Waals surface area (Å²) in [6.45, 7) is 1.42. The van der Waals surface area contributed by atoms with Crippen molar-refractivity contribution in [2.75, 3.05) is 18.3 Å². The Bertz CT molecular complexity index is 1350. The molecule has 1 heterocycles. The van der Waals surface area contributed by atoms with Crippen LogP contribution in [-0.2, 0) is 16.6 Å². The summed E-state index contributed by atoms with van der Waals surface area (Å²) in [4.78, 5) is 18.5. The number of hydrogen-bond donors (Lipinski definition) is 1. The van der Waals surface area contributed by atoms with Crippen LogP contribution in [0.5, 0.6) is 5.75 Å². The molecule has 0 unspecified atom stereocenters. The minimum Gasteiger partial charge on any atom is -0.494 e. The lowest BCUT2D eigenvalue weighted by atomic mass is 10.1. The zero-order valence-corrected chi connectivity index (χ0v) is 19.4. The molecular weight excluding hydrogens is 474 g/mol. The number of anilines is 2. The van der Waals surface area contributed by atoms with E-state index in [2.05, 4.69) is 4.98 Å². The average molecular weight is 493 g/mol. The van der Waals surface area contributed by atoms with Gasteiger partial charge < -0.3 is 9.64 Å². The summed E-state index contributed by atoms with van der Waals surface area (Å²) in [5.41, 5.74) is 0.769. The predicted molar refractivity (Wildman–Crippen MR) is 119 cm³/mol. The highest BCUT2D eigenvalue weighted by Crippen LogP contribution is 2.34. The van der Waals surface area contributed by atoms with Crippen LogP contribution in [-0.4, -0.2) is 32.7 Å². The van der Waals surface area contributed by atoms with Crippen LogP contribution in [0.15, 0.2) is 36.4 Å². The van der Waals surface area contributed by atoms with Crippen LogP contribution in [0.1, 0.15) is 26.5 Å². The Morgan fingerprint density at radius 1 is 1.24 bits per heavy atom. The smallest absolute Gasteiger partial charge is 0.284 e. The van der Waals surface area contributed by atoms with Gasteiger partial charge in [0.2, 0.25) is 10.0 Å². The molecule has 0 atom stereocenters. The van der Waals surface area contributed by atoms with E-state index in [4.69, 9.17) is 10.00 Å². The molecule has 0 saturated carbocycles. The summed E-state index contributed by atoms with van der Waals surface area (Å²) < 4.78 is 58.4. The van der Waals surface area contributed by atoms with Gasteiger partial charge >= 0.3 is 0 Å². The third kappa shape index (κ3) is 5.63. The van der Waals surface area contributed by atoms with Crippen LogP contribution in [0.3, 0.4) is 0 Å². The van der Waals surface area contributed by atoms with E-state index in [1.54, 1.807) is 31.2 Å². The number of aromatic nitrogens is 1. The van der Waals surface area contributed by atoms with Crippen molar-refractivity contribution >= 4 is 38.1 Å². The maximum absolute atomic E-state index is 14.7. The Hall–Kier alpha value is -3.56. The number of nitrogens with zero attached hydrogens (tertiary/aromatic N) is 3. The van der Waals surface area contributed by atoms with Crippen LogP contribution < -0.4 is 14.4 Å². The number of sulfonamides is 1. The number of methoxy groups -OCH3 is 1. The van der Waals surface area contributed by atoms with E-state index in [9.17, 15) is 22.0 Å². The Morgan fingerprint density at radius 3 is 2.48 bits per heavy atom. The average Bonchev–Trinajstić information content (AvgIpc) is 3.14. The minimum atomic E-state index is -3.81. The van der Waals surface area contributed by atoms with Crippen molar-refractivity contribution in [2.45, 2.75) is 13.5 Å². The number of aryl methyl sites for hydroxylation is 1. The fourth-order valence-electron chi connectivity index (χ4n) is 2.93. The molecule has 2 aromatic carbocycles. The molecule has 8 nitrogen and oxygen atoms in total. The maximum Gasteiger partial charge on any atom is 0.284 e. The first-order valence-electron chi connectivity index (χ1n) is 9.31. The zero-order valence-electron chi connectivity index (χ0n) is 17.7. The summed E-state index contributed by atoms with van der Waals surface area (Å²) in [6, 6.07) is 10.2. The number of rotatable bonds is 7. The van der Waals surface area contributed by atoms with Gasteiger partial charge in [0, 0.05) is 22.2 Å². The number of amides is 1. The molecule has 0 spiro atoms. The SMILES string of the molecule is COc1cc(F)c(CN(c2ccc(C#N)cc2)c2nc(C(=O)NS(C)(=O)=O)c(C)s2)cc1F. The summed E-state index contributed by atoms with van der Waals surface area (Å²) in [5.74, 6) is -2.61. The van der Waals surface area contributed by atoms with Gasteiger partial charge in [-0.25, -0.2) is 26.9 Å². The third-order valence-corrected chi connectivity index (χ3v) is 6.02. The van der Waals surface area contributed by atoms with Gasteiger partial charge in [0.1, 0.15) is 11.5 Å². The molecule has 33 heavy (non-hydrogen) atoms. The number of thiazole rings is 1. The number of nitriles is 1. The number of benzene rings is 2. The molecule has 0 aliphatic rings. The van der Waals surface area contributed by atoms with Crippen molar-refractivity contribution in [3.8, 4) is 11.8 Å². The molecule has 1 amide bonds. The molecule has 1 N–H and O–H groups in total. The molecule has 0 saturated heterocycles. The second-order valence-corrected chi connectivity index (χ2v) is 9.86. The van der Waals surface area contributed by atoms with Gasteiger partial charge in [0.05, 0.1) is 31.5 Å². The first kappa shape index (κ1) is 24.1. The van der Waals surface area contributed by atoms with E-state index in [1.165, 1.54) is 12.0 Å². The largest absolute Gasteiger partial charge is 0.494 e. The summed E-state index contributed by atoms with van der Waals surface area (Å²) in [5, 5.41) is 9.30.